The molecule has 0 spiro atoms. The summed E-state index contributed by atoms with van der Waals surface area (Å²) in [4.78, 5) is 26.9. The third-order valence-electron chi connectivity index (χ3n) is 2.92. The highest BCUT2D eigenvalue weighted by Gasteiger charge is 2.28. The van der Waals surface area contributed by atoms with Gasteiger partial charge in [-0.15, -0.1) is 0 Å². The van der Waals surface area contributed by atoms with Crippen LogP contribution in [0.25, 0.3) is 0 Å². The number of rotatable bonds is 6. The predicted molar refractivity (Wildman–Crippen MR) is 63.0 cm³/mol. The zero-order valence-electron chi connectivity index (χ0n) is 10.4. The van der Waals surface area contributed by atoms with E-state index in [0.29, 0.717) is 0 Å². The van der Waals surface area contributed by atoms with Crippen LogP contribution in [0.3, 0.4) is 0 Å². The van der Waals surface area contributed by atoms with E-state index in [1.807, 2.05) is 0 Å². The molecule has 1 rings (SSSR count). The Kier molecular flexibility index (Phi) is 5.29. The standard InChI is InChI=1S/C12H22N2O2/c1-3-5-7-13-9-12(16)14(8-6-4-2)10-11(13)15/h3-10H2,1-2H3. The summed E-state index contributed by atoms with van der Waals surface area (Å²) in [6.07, 6.45) is 4.07. The number of nitrogens with zero attached hydrogens (tertiary/aromatic N) is 2. The third kappa shape index (κ3) is 3.51. The van der Waals surface area contributed by atoms with Crippen LogP contribution < -0.4 is 0 Å². The van der Waals surface area contributed by atoms with Gasteiger partial charge in [0.15, 0.2) is 0 Å². The fraction of sp³-hybridized carbons (Fsp3) is 0.833. The monoisotopic (exact) mass is 226 g/mol. The van der Waals surface area contributed by atoms with E-state index < -0.39 is 0 Å². The molecule has 92 valence electrons. The van der Waals surface area contributed by atoms with Crippen molar-refractivity contribution in [3.05, 3.63) is 0 Å². The number of unbranched alkanes of at least 4 members (excludes halogenated alkanes) is 2. The van der Waals surface area contributed by atoms with Gasteiger partial charge in [0.25, 0.3) is 0 Å². The zero-order valence-corrected chi connectivity index (χ0v) is 10.4. The highest BCUT2D eigenvalue weighted by Crippen LogP contribution is 2.07. The van der Waals surface area contributed by atoms with Crippen LogP contribution in [0.4, 0.5) is 0 Å². The van der Waals surface area contributed by atoms with E-state index in [0.717, 1.165) is 38.8 Å². The van der Waals surface area contributed by atoms with Crippen molar-refractivity contribution >= 4 is 11.8 Å². The molecule has 0 aromatic carbocycles. The molecule has 0 aromatic heterocycles. The first-order valence-corrected chi connectivity index (χ1v) is 6.24. The lowest BCUT2D eigenvalue weighted by Gasteiger charge is -2.33. The van der Waals surface area contributed by atoms with E-state index in [1.165, 1.54) is 0 Å². The number of amides is 2. The molecule has 0 aromatic rings. The van der Waals surface area contributed by atoms with Gasteiger partial charge in [0, 0.05) is 13.1 Å². The lowest BCUT2D eigenvalue weighted by Crippen LogP contribution is -2.54. The van der Waals surface area contributed by atoms with Gasteiger partial charge in [-0.2, -0.15) is 0 Å². The molecule has 0 radical (unpaired) electrons. The van der Waals surface area contributed by atoms with Gasteiger partial charge >= 0.3 is 0 Å². The lowest BCUT2D eigenvalue weighted by molar-refractivity contribution is -0.150. The molecule has 1 saturated heterocycles. The van der Waals surface area contributed by atoms with Crippen LogP contribution in [0.1, 0.15) is 39.5 Å². The molecule has 1 aliphatic rings. The van der Waals surface area contributed by atoms with Crippen molar-refractivity contribution in [1.29, 1.82) is 0 Å². The molecule has 0 bridgehead atoms. The highest BCUT2D eigenvalue weighted by atomic mass is 16.2. The summed E-state index contributed by atoms with van der Waals surface area (Å²) in [5, 5.41) is 0. The van der Waals surface area contributed by atoms with E-state index in [9.17, 15) is 9.59 Å². The second-order valence-electron chi connectivity index (χ2n) is 4.34. The maximum atomic E-state index is 11.8. The molecule has 4 heteroatoms. The van der Waals surface area contributed by atoms with Gasteiger partial charge in [-0.25, -0.2) is 0 Å². The molecular weight excluding hydrogens is 204 g/mol. The van der Waals surface area contributed by atoms with Gasteiger partial charge in [0.05, 0.1) is 13.1 Å². The average Bonchev–Trinajstić information content (AvgIpc) is 2.28. The Bertz CT molecular complexity index is 227. The molecule has 0 aliphatic carbocycles. The Balaban J connectivity index is 2.43. The third-order valence-corrected chi connectivity index (χ3v) is 2.92. The number of piperazine rings is 1. The lowest BCUT2D eigenvalue weighted by atomic mass is 10.2. The summed E-state index contributed by atoms with van der Waals surface area (Å²) in [5.74, 6) is 0.202. The minimum Gasteiger partial charge on any atom is -0.332 e. The number of hydrogen-bond acceptors (Lipinski definition) is 2. The number of carbonyl (C=O) groups excluding carboxylic acids is 2. The summed E-state index contributed by atoms with van der Waals surface area (Å²) in [5.41, 5.74) is 0. The molecule has 0 atom stereocenters. The SMILES string of the molecule is CCCCN1CC(=O)N(CCCC)CC1=O. The number of hydrogen-bond donors (Lipinski definition) is 0. The molecule has 0 unspecified atom stereocenters. The van der Waals surface area contributed by atoms with Gasteiger partial charge < -0.3 is 9.80 Å². The van der Waals surface area contributed by atoms with Gasteiger partial charge in [-0.1, -0.05) is 26.7 Å². The van der Waals surface area contributed by atoms with Crippen LogP contribution in [0, 0.1) is 0 Å². The largest absolute Gasteiger partial charge is 0.332 e. The van der Waals surface area contributed by atoms with Crippen molar-refractivity contribution in [3.8, 4) is 0 Å². The molecular formula is C12H22N2O2. The molecule has 2 amide bonds. The molecule has 1 heterocycles. The van der Waals surface area contributed by atoms with Crippen molar-refractivity contribution in [3.63, 3.8) is 0 Å². The summed E-state index contributed by atoms with van der Waals surface area (Å²) < 4.78 is 0. The summed E-state index contributed by atoms with van der Waals surface area (Å²) in [7, 11) is 0. The fourth-order valence-electron chi connectivity index (χ4n) is 1.81. The van der Waals surface area contributed by atoms with E-state index in [1.54, 1.807) is 9.80 Å². The average molecular weight is 226 g/mol. The first kappa shape index (κ1) is 13.0. The first-order chi connectivity index (χ1) is 7.69. The van der Waals surface area contributed by atoms with E-state index in [4.69, 9.17) is 0 Å². The Hall–Kier alpha value is -1.06. The minimum absolute atomic E-state index is 0.101. The zero-order chi connectivity index (χ0) is 12.0. The Morgan fingerprint density at radius 3 is 1.56 bits per heavy atom. The smallest absolute Gasteiger partial charge is 0.242 e. The van der Waals surface area contributed by atoms with Crippen LogP contribution in [0.5, 0.6) is 0 Å². The van der Waals surface area contributed by atoms with Gasteiger partial charge in [0.2, 0.25) is 11.8 Å². The first-order valence-electron chi connectivity index (χ1n) is 6.24. The quantitative estimate of drug-likeness (QED) is 0.684. The molecule has 0 saturated carbocycles. The molecule has 16 heavy (non-hydrogen) atoms. The summed E-state index contributed by atoms with van der Waals surface area (Å²) in [6.45, 7) is 6.18. The normalized spacial score (nSPS) is 17.1. The maximum absolute atomic E-state index is 11.8. The van der Waals surface area contributed by atoms with Crippen molar-refractivity contribution in [1.82, 2.24) is 9.80 Å². The molecule has 1 aliphatic heterocycles. The second kappa shape index (κ2) is 6.51. The second-order valence-corrected chi connectivity index (χ2v) is 4.34. The van der Waals surface area contributed by atoms with Crippen molar-refractivity contribution in [2.45, 2.75) is 39.5 Å². The Morgan fingerprint density at radius 1 is 0.875 bits per heavy atom. The fourth-order valence-corrected chi connectivity index (χ4v) is 1.81. The van der Waals surface area contributed by atoms with E-state index in [2.05, 4.69) is 13.8 Å². The maximum Gasteiger partial charge on any atom is 0.242 e. The van der Waals surface area contributed by atoms with E-state index >= 15 is 0 Å². The van der Waals surface area contributed by atoms with Crippen LogP contribution in [0.2, 0.25) is 0 Å². The van der Waals surface area contributed by atoms with Crippen molar-refractivity contribution in [2.24, 2.45) is 0 Å². The highest BCUT2D eigenvalue weighted by molar-refractivity contribution is 5.92. The van der Waals surface area contributed by atoms with Crippen molar-refractivity contribution < 1.29 is 9.59 Å². The van der Waals surface area contributed by atoms with Crippen molar-refractivity contribution in [2.75, 3.05) is 26.2 Å². The van der Waals surface area contributed by atoms with Crippen LogP contribution >= 0.6 is 0 Å². The van der Waals surface area contributed by atoms with Gasteiger partial charge in [0.1, 0.15) is 0 Å². The molecule has 4 nitrogen and oxygen atoms in total. The Morgan fingerprint density at radius 2 is 1.25 bits per heavy atom. The van der Waals surface area contributed by atoms with Crippen LogP contribution in [-0.2, 0) is 9.59 Å². The van der Waals surface area contributed by atoms with Gasteiger partial charge in [-0.05, 0) is 12.8 Å². The summed E-state index contributed by atoms with van der Waals surface area (Å²) >= 11 is 0. The summed E-state index contributed by atoms with van der Waals surface area (Å²) in [6, 6.07) is 0. The molecule has 1 fully saturated rings. The topological polar surface area (TPSA) is 40.6 Å². The van der Waals surface area contributed by atoms with Crippen LogP contribution in [0.15, 0.2) is 0 Å². The van der Waals surface area contributed by atoms with Gasteiger partial charge in [-0.3, -0.25) is 9.59 Å². The Labute approximate surface area is 97.6 Å². The minimum atomic E-state index is 0.101. The van der Waals surface area contributed by atoms with Crippen LogP contribution in [-0.4, -0.2) is 47.8 Å². The van der Waals surface area contributed by atoms with E-state index in [-0.39, 0.29) is 24.9 Å². The molecule has 0 N–H and O–H groups in total. The predicted octanol–water partition coefficient (Wildman–Crippen LogP) is 1.26. The number of carbonyl (C=O) groups is 2.